The molecule has 1 rings (SSSR count). The average Bonchev–Trinajstić information content (AvgIpc) is 2.51. The van der Waals surface area contributed by atoms with Crippen LogP contribution in [0.5, 0.6) is 0 Å². The molecule has 0 radical (unpaired) electrons. The zero-order chi connectivity index (χ0) is 8.97. The van der Waals surface area contributed by atoms with Crippen molar-refractivity contribution in [2.75, 3.05) is 19.6 Å². The van der Waals surface area contributed by atoms with Crippen LogP contribution in [0, 0.1) is 0 Å². The normalized spacial score (nSPS) is 24.2. The number of hydrogen-bond acceptors (Lipinski definition) is 2. The molecular weight excluding hydrogens is 148 g/mol. The fraction of sp³-hybridized carbons (Fsp3) is 1.00. The van der Waals surface area contributed by atoms with Crippen LogP contribution < -0.4 is 5.32 Å². The van der Waals surface area contributed by atoms with Crippen LogP contribution in [0.1, 0.15) is 33.6 Å². The van der Waals surface area contributed by atoms with Crippen molar-refractivity contribution in [3.05, 3.63) is 0 Å². The monoisotopic (exact) mass is 170 g/mol. The van der Waals surface area contributed by atoms with E-state index in [4.69, 9.17) is 0 Å². The van der Waals surface area contributed by atoms with E-state index in [0.29, 0.717) is 6.04 Å². The molecular formula is C10H22N2. The van der Waals surface area contributed by atoms with Crippen LogP contribution in [-0.4, -0.2) is 36.6 Å². The van der Waals surface area contributed by atoms with Gasteiger partial charge in [0.05, 0.1) is 0 Å². The highest BCUT2D eigenvalue weighted by Crippen LogP contribution is 2.12. The Hall–Kier alpha value is -0.0800. The summed E-state index contributed by atoms with van der Waals surface area (Å²) in [5.41, 5.74) is 0. The van der Waals surface area contributed by atoms with Crippen LogP contribution in [0.2, 0.25) is 0 Å². The molecule has 0 aromatic heterocycles. The predicted octanol–water partition coefficient (Wildman–Crippen LogP) is 1.47. The van der Waals surface area contributed by atoms with Gasteiger partial charge in [0.1, 0.15) is 0 Å². The molecule has 2 heteroatoms. The molecule has 12 heavy (non-hydrogen) atoms. The summed E-state index contributed by atoms with van der Waals surface area (Å²) in [6.07, 6.45) is 2.60. The van der Waals surface area contributed by atoms with E-state index in [-0.39, 0.29) is 0 Å². The summed E-state index contributed by atoms with van der Waals surface area (Å²) in [6, 6.07) is 1.50. The molecule has 0 aliphatic carbocycles. The average molecular weight is 170 g/mol. The largest absolute Gasteiger partial charge is 0.315 e. The molecule has 2 nitrogen and oxygen atoms in total. The van der Waals surface area contributed by atoms with Gasteiger partial charge in [-0.15, -0.1) is 0 Å². The summed E-state index contributed by atoms with van der Waals surface area (Å²) >= 11 is 0. The Morgan fingerprint density at radius 2 is 2.25 bits per heavy atom. The number of hydrogen-bond donors (Lipinski definition) is 1. The SMILES string of the molecule is CCCN(C(C)C)C1CCNC1. The first-order chi connectivity index (χ1) is 5.75. The van der Waals surface area contributed by atoms with E-state index < -0.39 is 0 Å². The van der Waals surface area contributed by atoms with E-state index in [1.807, 2.05) is 0 Å². The molecule has 0 saturated carbocycles. The highest BCUT2D eigenvalue weighted by atomic mass is 15.2. The van der Waals surface area contributed by atoms with Gasteiger partial charge in [0, 0.05) is 18.6 Å². The second-order valence-electron chi connectivity index (χ2n) is 3.98. The maximum absolute atomic E-state index is 3.42. The fourth-order valence-corrected chi connectivity index (χ4v) is 2.04. The third-order valence-corrected chi connectivity index (χ3v) is 2.65. The van der Waals surface area contributed by atoms with Gasteiger partial charge in [-0.25, -0.2) is 0 Å². The molecule has 1 aliphatic heterocycles. The maximum Gasteiger partial charge on any atom is 0.0235 e. The Bertz CT molecular complexity index is 117. The standard InChI is InChI=1S/C10H22N2/c1-4-7-12(9(2)3)10-5-6-11-8-10/h9-11H,4-8H2,1-3H3. The van der Waals surface area contributed by atoms with Crippen LogP contribution in [-0.2, 0) is 0 Å². The van der Waals surface area contributed by atoms with Gasteiger partial charge in [-0.1, -0.05) is 6.92 Å². The van der Waals surface area contributed by atoms with Crippen LogP contribution in [0.4, 0.5) is 0 Å². The van der Waals surface area contributed by atoms with Crippen molar-refractivity contribution < 1.29 is 0 Å². The lowest BCUT2D eigenvalue weighted by atomic mass is 10.1. The highest BCUT2D eigenvalue weighted by molar-refractivity contribution is 4.82. The van der Waals surface area contributed by atoms with E-state index in [2.05, 4.69) is 31.0 Å². The quantitative estimate of drug-likeness (QED) is 0.687. The van der Waals surface area contributed by atoms with Crippen LogP contribution in [0.25, 0.3) is 0 Å². The zero-order valence-electron chi connectivity index (χ0n) is 8.64. The summed E-state index contributed by atoms with van der Waals surface area (Å²) in [7, 11) is 0. The Labute approximate surface area is 76.3 Å². The topological polar surface area (TPSA) is 15.3 Å². The van der Waals surface area contributed by atoms with Gasteiger partial charge in [-0.05, 0) is 39.8 Å². The van der Waals surface area contributed by atoms with Crippen LogP contribution in [0.3, 0.4) is 0 Å². The zero-order valence-corrected chi connectivity index (χ0v) is 8.64. The summed E-state index contributed by atoms with van der Waals surface area (Å²) in [6.45, 7) is 10.5. The van der Waals surface area contributed by atoms with Gasteiger partial charge >= 0.3 is 0 Å². The first-order valence-electron chi connectivity index (χ1n) is 5.22. The Morgan fingerprint density at radius 3 is 2.67 bits per heavy atom. The van der Waals surface area contributed by atoms with Crippen molar-refractivity contribution in [3.8, 4) is 0 Å². The Balaban J connectivity index is 2.40. The summed E-state index contributed by atoms with van der Waals surface area (Å²) in [5.74, 6) is 0. The molecule has 0 spiro atoms. The molecule has 0 aromatic rings. The Kier molecular flexibility index (Phi) is 4.02. The lowest BCUT2D eigenvalue weighted by Crippen LogP contribution is -2.42. The molecule has 0 amide bonds. The minimum absolute atomic E-state index is 0.704. The lowest BCUT2D eigenvalue weighted by molar-refractivity contribution is 0.164. The second kappa shape index (κ2) is 4.83. The predicted molar refractivity (Wildman–Crippen MR) is 53.4 cm³/mol. The number of rotatable bonds is 4. The number of nitrogens with zero attached hydrogens (tertiary/aromatic N) is 1. The van der Waals surface area contributed by atoms with E-state index >= 15 is 0 Å². The molecule has 1 atom stereocenters. The van der Waals surface area contributed by atoms with Crippen molar-refractivity contribution >= 4 is 0 Å². The molecule has 0 bridgehead atoms. The summed E-state index contributed by atoms with van der Waals surface area (Å²) < 4.78 is 0. The molecule has 1 fully saturated rings. The smallest absolute Gasteiger partial charge is 0.0235 e. The minimum atomic E-state index is 0.704. The second-order valence-corrected chi connectivity index (χ2v) is 3.98. The Morgan fingerprint density at radius 1 is 1.50 bits per heavy atom. The van der Waals surface area contributed by atoms with Gasteiger partial charge < -0.3 is 5.32 Å². The molecule has 1 heterocycles. The third-order valence-electron chi connectivity index (χ3n) is 2.65. The molecule has 0 aromatic carbocycles. The van der Waals surface area contributed by atoms with Crippen molar-refractivity contribution in [1.29, 1.82) is 0 Å². The molecule has 1 aliphatic rings. The molecule has 1 N–H and O–H groups in total. The lowest BCUT2D eigenvalue weighted by Gasteiger charge is -2.31. The molecule has 1 unspecified atom stereocenters. The van der Waals surface area contributed by atoms with Gasteiger partial charge in [0.25, 0.3) is 0 Å². The third kappa shape index (κ3) is 2.46. The highest BCUT2D eigenvalue weighted by Gasteiger charge is 2.23. The van der Waals surface area contributed by atoms with E-state index in [1.54, 1.807) is 0 Å². The maximum atomic E-state index is 3.42. The van der Waals surface area contributed by atoms with Crippen molar-refractivity contribution in [1.82, 2.24) is 10.2 Å². The van der Waals surface area contributed by atoms with Gasteiger partial charge in [0.15, 0.2) is 0 Å². The van der Waals surface area contributed by atoms with Crippen molar-refractivity contribution in [3.63, 3.8) is 0 Å². The van der Waals surface area contributed by atoms with E-state index in [9.17, 15) is 0 Å². The van der Waals surface area contributed by atoms with E-state index in [1.165, 1.54) is 32.5 Å². The molecule has 1 saturated heterocycles. The van der Waals surface area contributed by atoms with Gasteiger partial charge in [-0.2, -0.15) is 0 Å². The van der Waals surface area contributed by atoms with E-state index in [0.717, 1.165) is 6.04 Å². The van der Waals surface area contributed by atoms with Gasteiger partial charge in [-0.3, -0.25) is 4.90 Å². The fourth-order valence-electron chi connectivity index (χ4n) is 2.04. The molecule has 72 valence electrons. The first-order valence-corrected chi connectivity index (χ1v) is 5.22. The summed E-state index contributed by atoms with van der Waals surface area (Å²) in [5, 5.41) is 3.42. The summed E-state index contributed by atoms with van der Waals surface area (Å²) in [4.78, 5) is 2.62. The van der Waals surface area contributed by atoms with Crippen LogP contribution >= 0.6 is 0 Å². The first kappa shape index (κ1) is 10.0. The number of nitrogens with one attached hydrogen (secondary N) is 1. The van der Waals surface area contributed by atoms with Crippen molar-refractivity contribution in [2.45, 2.75) is 45.7 Å². The van der Waals surface area contributed by atoms with Crippen LogP contribution in [0.15, 0.2) is 0 Å². The van der Waals surface area contributed by atoms with Crippen molar-refractivity contribution in [2.24, 2.45) is 0 Å². The minimum Gasteiger partial charge on any atom is -0.315 e. The van der Waals surface area contributed by atoms with Gasteiger partial charge in [0.2, 0.25) is 0 Å².